The minimum Gasteiger partial charge on any atom is -0.334 e. The van der Waals surface area contributed by atoms with Crippen LogP contribution in [0.15, 0.2) is 36.7 Å². The molecule has 0 radical (unpaired) electrons. The molecule has 26 heavy (non-hydrogen) atoms. The molecule has 0 atom stereocenters. The molecule has 3 rings (SSSR count). The summed E-state index contributed by atoms with van der Waals surface area (Å²) >= 11 is 0. The SMILES string of the molecule is CCc1nccn1CCN1CCN(S(=O)(=O)Cc2cccc(C)c2)CC1. The van der Waals surface area contributed by atoms with Gasteiger partial charge in [0.1, 0.15) is 5.82 Å². The third-order valence-electron chi connectivity index (χ3n) is 4.93. The van der Waals surface area contributed by atoms with E-state index in [1.165, 1.54) is 0 Å². The Morgan fingerprint density at radius 1 is 1.12 bits per heavy atom. The van der Waals surface area contributed by atoms with Crippen LogP contribution in [-0.4, -0.2) is 59.9 Å². The Labute approximate surface area is 156 Å². The molecule has 0 unspecified atom stereocenters. The van der Waals surface area contributed by atoms with Gasteiger partial charge in [-0.3, -0.25) is 4.90 Å². The van der Waals surface area contributed by atoms with Gasteiger partial charge in [-0.2, -0.15) is 4.31 Å². The number of hydrogen-bond acceptors (Lipinski definition) is 4. The second-order valence-corrected chi connectivity index (χ2v) is 8.85. The molecule has 1 aliphatic heterocycles. The first-order valence-electron chi connectivity index (χ1n) is 9.23. The van der Waals surface area contributed by atoms with Crippen LogP contribution in [-0.2, 0) is 28.7 Å². The van der Waals surface area contributed by atoms with Gasteiger partial charge in [0.05, 0.1) is 5.75 Å². The number of piperazine rings is 1. The molecule has 1 aromatic carbocycles. The van der Waals surface area contributed by atoms with Crippen LogP contribution in [0, 0.1) is 6.92 Å². The minimum absolute atomic E-state index is 0.0869. The highest BCUT2D eigenvalue weighted by Crippen LogP contribution is 2.15. The maximum Gasteiger partial charge on any atom is 0.218 e. The summed E-state index contributed by atoms with van der Waals surface area (Å²) in [5, 5.41) is 0. The van der Waals surface area contributed by atoms with E-state index < -0.39 is 10.0 Å². The number of nitrogens with zero attached hydrogens (tertiary/aromatic N) is 4. The van der Waals surface area contributed by atoms with Gasteiger partial charge < -0.3 is 4.57 Å². The summed E-state index contributed by atoms with van der Waals surface area (Å²) in [5.74, 6) is 1.19. The lowest BCUT2D eigenvalue weighted by Crippen LogP contribution is -2.49. The second-order valence-electron chi connectivity index (χ2n) is 6.88. The Morgan fingerprint density at radius 3 is 2.58 bits per heavy atom. The van der Waals surface area contributed by atoms with Gasteiger partial charge in [0.25, 0.3) is 0 Å². The molecule has 1 saturated heterocycles. The molecule has 0 spiro atoms. The Kier molecular flexibility index (Phi) is 6.11. The molecule has 6 nitrogen and oxygen atoms in total. The molecule has 0 aliphatic carbocycles. The van der Waals surface area contributed by atoms with Gasteiger partial charge in [-0.1, -0.05) is 36.8 Å². The molecule has 1 aromatic heterocycles. The predicted molar refractivity (Wildman–Crippen MR) is 103 cm³/mol. The summed E-state index contributed by atoms with van der Waals surface area (Å²) in [4.78, 5) is 6.68. The van der Waals surface area contributed by atoms with Crippen molar-refractivity contribution < 1.29 is 8.42 Å². The lowest BCUT2D eigenvalue weighted by Gasteiger charge is -2.34. The average Bonchev–Trinajstić information content (AvgIpc) is 3.07. The largest absolute Gasteiger partial charge is 0.334 e. The minimum atomic E-state index is -3.25. The lowest BCUT2D eigenvalue weighted by molar-refractivity contribution is 0.182. The van der Waals surface area contributed by atoms with Gasteiger partial charge in [0.15, 0.2) is 0 Å². The van der Waals surface area contributed by atoms with E-state index >= 15 is 0 Å². The zero-order valence-corrected chi connectivity index (χ0v) is 16.5. The Morgan fingerprint density at radius 2 is 1.88 bits per heavy atom. The van der Waals surface area contributed by atoms with Gasteiger partial charge in [-0.05, 0) is 12.5 Å². The van der Waals surface area contributed by atoms with Crippen LogP contribution in [0.4, 0.5) is 0 Å². The van der Waals surface area contributed by atoms with Crippen LogP contribution >= 0.6 is 0 Å². The molecule has 0 amide bonds. The van der Waals surface area contributed by atoms with Gasteiger partial charge >= 0.3 is 0 Å². The third kappa shape index (κ3) is 4.72. The summed E-state index contributed by atoms with van der Waals surface area (Å²) in [6.45, 7) is 8.62. The smallest absolute Gasteiger partial charge is 0.218 e. The van der Waals surface area contributed by atoms with Crippen LogP contribution in [0.3, 0.4) is 0 Å². The Hall–Kier alpha value is -1.70. The van der Waals surface area contributed by atoms with Gasteiger partial charge in [0.2, 0.25) is 10.0 Å². The molecule has 2 heterocycles. The maximum absolute atomic E-state index is 12.7. The van der Waals surface area contributed by atoms with E-state index in [9.17, 15) is 8.42 Å². The molecule has 0 N–H and O–H groups in total. The first kappa shape index (κ1) is 19.1. The molecule has 1 fully saturated rings. The normalized spacial score (nSPS) is 16.8. The fourth-order valence-corrected chi connectivity index (χ4v) is 4.95. The first-order valence-corrected chi connectivity index (χ1v) is 10.8. The summed E-state index contributed by atoms with van der Waals surface area (Å²) in [7, 11) is -3.25. The van der Waals surface area contributed by atoms with Crippen molar-refractivity contribution in [3.63, 3.8) is 0 Å². The third-order valence-corrected chi connectivity index (χ3v) is 6.78. The van der Waals surface area contributed by atoms with E-state index in [-0.39, 0.29) is 5.75 Å². The molecule has 0 bridgehead atoms. The van der Waals surface area contributed by atoms with Gasteiger partial charge in [-0.25, -0.2) is 13.4 Å². The zero-order chi connectivity index (χ0) is 18.6. The van der Waals surface area contributed by atoms with Crippen molar-refractivity contribution in [3.05, 3.63) is 53.6 Å². The Balaban J connectivity index is 1.51. The van der Waals surface area contributed by atoms with E-state index in [0.29, 0.717) is 13.1 Å². The van der Waals surface area contributed by atoms with Gasteiger partial charge in [-0.15, -0.1) is 0 Å². The van der Waals surface area contributed by atoms with Crippen LogP contribution in [0.2, 0.25) is 0 Å². The van der Waals surface area contributed by atoms with E-state index in [2.05, 4.69) is 21.4 Å². The summed E-state index contributed by atoms with van der Waals surface area (Å²) in [6, 6.07) is 7.74. The highest BCUT2D eigenvalue weighted by Gasteiger charge is 2.27. The second kappa shape index (κ2) is 8.33. The number of aromatic nitrogens is 2. The highest BCUT2D eigenvalue weighted by atomic mass is 32.2. The number of benzene rings is 1. The number of aryl methyl sites for hydroxylation is 2. The summed E-state index contributed by atoms with van der Waals surface area (Å²) < 4.78 is 29.2. The van der Waals surface area contributed by atoms with Crippen molar-refractivity contribution in [1.82, 2.24) is 18.8 Å². The summed E-state index contributed by atoms with van der Waals surface area (Å²) in [6.07, 6.45) is 4.79. The van der Waals surface area contributed by atoms with Crippen LogP contribution in [0.5, 0.6) is 0 Å². The van der Waals surface area contributed by atoms with Crippen molar-refractivity contribution in [1.29, 1.82) is 0 Å². The predicted octanol–water partition coefficient (Wildman–Crippen LogP) is 1.90. The van der Waals surface area contributed by atoms with E-state index in [4.69, 9.17) is 0 Å². The van der Waals surface area contributed by atoms with Crippen molar-refractivity contribution in [2.75, 3.05) is 32.7 Å². The number of sulfonamides is 1. The molecular weight excluding hydrogens is 348 g/mol. The number of imidazole rings is 1. The maximum atomic E-state index is 12.7. The molecule has 0 saturated carbocycles. The fraction of sp³-hybridized carbons (Fsp3) is 0.526. The van der Waals surface area contributed by atoms with Crippen molar-refractivity contribution in [2.24, 2.45) is 0 Å². The number of hydrogen-bond donors (Lipinski definition) is 0. The fourth-order valence-electron chi connectivity index (χ4n) is 3.44. The van der Waals surface area contributed by atoms with E-state index in [1.807, 2.05) is 43.6 Å². The van der Waals surface area contributed by atoms with Gasteiger partial charge in [0, 0.05) is 58.1 Å². The summed E-state index contributed by atoms with van der Waals surface area (Å²) in [5.41, 5.74) is 1.95. The number of rotatable bonds is 7. The van der Waals surface area contributed by atoms with Crippen molar-refractivity contribution in [2.45, 2.75) is 32.6 Å². The molecular formula is C19H28N4O2S. The highest BCUT2D eigenvalue weighted by molar-refractivity contribution is 7.88. The monoisotopic (exact) mass is 376 g/mol. The van der Waals surface area contributed by atoms with E-state index in [0.717, 1.165) is 49.6 Å². The molecule has 2 aromatic rings. The first-order chi connectivity index (χ1) is 12.5. The zero-order valence-electron chi connectivity index (χ0n) is 15.6. The topological polar surface area (TPSA) is 58.4 Å². The lowest BCUT2D eigenvalue weighted by atomic mass is 10.2. The van der Waals surface area contributed by atoms with Crippen LogP contribution < -0.4 is 0 Å². The van der Waals surface area contributed by atoms with E-state index in [1.54, 1.807) is 4.31 Å². The van der Waals surface area contributed by atoms with Crippen LogP contribution in [0.25, 0.3) is 0 Å². The molecule has 142 valence electrons. The quantitative estimate of drug-likeness (QED) is 0.741. The molecule has 7 heteroatoms. The van der Waals surface area contributed by atoms with Crippen molar-refractivity contribution in [3.8, 4) is 0 Å². The van der Waals surface area contributed by atoms with Crippen molar-refractivity contribution >= 4 is 10.0 Å². The standard InChI is InChI=1S/C19H28N4O2S/c1-3-19-20-7-8-22(19)12-9-21-10-13-23(14-11-21)26(24,25)16-18-6-4-5-17(2)15-18/h4-8,15H,3,9-14,16H2,1-2H3. The molecule has 1 aliphatic rings. The average molecular weight is 377 g/mol. The Bertz CT molecular complexity index is 824. The van der Waals surface area contributed by atoms with Crippen LogP contribution in [0.1, 0.15) is 23.9 Å².